The zero-order valence-electron chi connectivity index (χ0n) is 11.8. The molecule has 3 heteroatoms. The third-order valence-electron chi connectivity index (χ3n) is 3.84. The van der Waals surface area contributed by atoms with Gasteiger partial charge in [-0.1, -0.05) is 19.1 Å². The first-order chi connectivity index (χ1) is 9.24. The van der Waals surface area contributed by atoms with Crippen LogP contribution in [0.5, 0.6) is 5.75 Å². The fourth-order valence-electron chi connectivity index (χ4n) is 2.72. The standard InChI is InChI=1S/C16H23FO2/c1-3-10-19-16-9-6-13(11-15(16)17)12-4-7-14(18-2)8-5-12/h4-5,7-8,13,15-16H,3,6,9-11H2,1-2H3. The maximum atomic E-state index is 14.1. The van der Waals surface area contributed by atoms with Crippen LogP contribution < -0.4 is 4.74 Å². The summed E-state index contributed by atoms with van der Waals surface area (Å²) in [5, 5.41) is 0. The highest BCUT2D eigenvalue weighted by atomic mass is 19.1. The number of halogens is 1. The van der Waals surface area contributed by atoms with Crippen molar-refractivity contribution >= 4 is 0 Å². The van der Waals surface area contributed by atoms with Crippen LogP contribution in [0.2, 0.25) is 0 Å². The molecule has 1 fully saturated rings. The van der Waals surface area contributed by atoms with Gasteiger partial charge in [-0.25, -0.2) is 4.39 Å². The lowest BCUT2D eigenvalue weighted by atomic mass is 9.81. The van der Waals surface area contributed by atoms with E-state index in [4.69, 9.17) is 9.47 Å². The van der Waals surface area contributed by atoms with Crippen LogP contribution in [-0.4, -0.2) is 26.0 Å². The number of benzene rings is 1. The van der Waals surface area contributed by atoms with E-state index in [9.17, 15) is 4.39 Å². The molecule has 0 bridgehead atoms. The van der Waals surface area contributed by atoms with Gasteiger partial charge in [0.15, 0.2) is 0 Å². The minimum atomic E-state index is -0.840. The van der Waals surface area contributed by atoms with Gasteiger partial charge in [0.05, 0.1) is 13.2 Å². The highest BCUT2D eigenvalue weighted by Gasteiger charge is 2.31. The molecule has 1 aliphatic rings. The van der Waals surface area contributed by atoms with Crippen molar-refractivity contribution in [1.82, 2.24) is 0 Å². The fraction of sp³-hybridized carbons (Fsp3) is 0.625. The van der Waals surface area contributed by atoms with Crippen molar-refractivity contribution < 1.29 is 13.9 Å². The SMILES string of the molecule is CCCOC1CCC(c2ccc(OC)cc2)CC1F. The highest BCUT2D eigenvalue weighted by molar-refractivity contribution is 5.29. The summed E-state index contributed by atoms with van der Waals surface area (Å²) in [5.41, 5.74) is 1.21. The van der Waals surface area contributed by atoms with Crippen LogP contribution in [0.25, 0.3) is 0 Å². The summed E-state index contributed by atoms with van der Waals surface area (Å²) < 4.78 is 24.8. The number of hydrogen-bond donors (Lipinski definition) is 0. The molecular weight excluding hydrogens is 243 g/mol. The second kappa shape index (κ2) is 6.90. The number of alkyl halides is 1. The molecule has 0 N–H and O–H groups in total. The molecule has 3 unspecified atom stereocenters. The van der Waals surface area contributed by atoms with Crippen molar-refractivity contribution in [3.63, 3.8) is 0 Å². The summed E-state index contributed by atoms with van der Waals surface area (Å²) in [7, 11) is 1.66. The topological polar surface area (TPSA) is 18.5 Å². The molecule has 19 heavy (non-hydrogen) atoms. The smallest absolute Gasteiger partial charge is 0.127 e. The van der Waals surface area contributed by atoms with Crippen LogP contribution in [0.15, 0.2) is 24.3 Å². The second-order valence-corrected chi connectivity index (χ2v) is 5.21. The molecule has 0 amide bonds. The van der Waals surface area contributed by atoms with E-state index in [1.807, 2.05) is 24.3 Å². The van der Waals surface area contributed by atoms with Gasteiger partial charge in [0.25, 0.3) is 0 Å². The molecule has 0 aromatic heterocycles. The summed E-state index contributed by atoms with van der Waals surface area (Å²) >= 11 is 0. The predicted molar refractivity (Wildman–Crippen MR) is 74.5 cm³/mol. The highest BCUT2D eigenvalue weighted by Crippen LogP contribution is 2.36. The Balaban J connectivity index is 1.93. The molecule has 0 spiro atoms. The van der Waals surface area contributed by atoms with Crippen LogP contribution in [-0.2, 0) is 4.74 Å². The van der Waals surface area contributed by atoms with E-state index in [1.165, 1.54) is 5.56 Å². The lowest BCUT2D eigenvalue weighted by Gasteiger charge is -2.32. The summed E-state index contributed by atoms with van der Waals surface area (Å²) in [5.74, 6) is 1.16. The molecule has 0 aliphatic heterocycles. The molecular formula is C16H23FO2. The van der Waals surface area contributed by atoms with E-state index >= 15 is 0 Å². The molecule has 1 aromatic carbocycles. The monoisotopic (exact) mass is 266 g/mol. The van der Waals surface area contributed by atoms with Gasteiger partial charge < -0.3 is 9.47 Å². The van der Waals surface area contributed by atoms with E-state index in [0.717, 1.165) is 25.0 Å². The van der Waals surface area contributed by atoms with Crippen LogP contribution >= 0.6 is 0 Å². The van der Waals surface area contributed by atoms with Crippen molar-refractivity contribution in [2.24, 2.45) is 0 Å². The van der Waals surface area contributed by atoms with Crippen LogP contribution in [0, 0.1) is 0 Å². The van der Waals surface area contributed by atoms with Gasteiger partial charge in [-0.05, 0) is 49.3 Å². The van der Waals surface area contributed by atoms with Crippen molar-refractivity contribution in [3.05, 3.63) is 29.8 Å². The predicted octanol–water partition coefficient (Wildman–Crippen LogP) is 4.10. The number of ether oxygens (including phenoxy) is 2. The van der Waals surface area contributed by atoms with Crippen molar-refractivity contribution in [3.8, 4) is 5.75 Å². The zero-order chi connectivity index (χ0) is 13.7. The van der Waals surface area contributed by atoms with Gasteiger partial charge in [0.1, 0.15) is 11.9 Å². The number of methoxy groups -OCH3 is 1. The van der Waals surface area contributed by atoms with Gasteiger partial charge in [-0.3, -0.25) is 0 Å². The van der Waals surface area contributed by atoms with E-state index < -0.39 is 6.17 Å². The Labute approximate surface area is 114 Å². The van der Waals surface area contributed by atoms with E-state index in [0.29, 0.717) is 18.9 Å². The van der Waals surface area contributed by atoms with E-state index in [1.54, 1.807) is 7.11 Å². The van der Waals surface area contributed by atoms with Crippen LogP contribution in [0.4, 0.5) is 4.39 Å². The molecule has 1 aliphatic carbocycles. The van der Waals surface area contributed by atoms with Gasteiger partial charge in [-0.15, -0.1) is 0 Å². The molecule has 0 heterocycles. The maximum Gasteiger partial charge on any atom is 0.127 e. The molecule has 1 saturated carbocycles. The van der Waals surface area contributed by atoms with E-state index in [-0.39, 0.29) is 6.10 Å². The summed E-state index contributed by atoms with van der Waals surface area (Å²) in [4.78, 5) is 0. The van der Waals surface area contributed by atoms with Crippen molar-refractivity contribution in [2.45, 2.75) is 50.8 Å². The molecule has 1 aromatic rings. The zero-order valence-corrected chi connectivity index (χ0v) is 11.8. The molecule has 0 saturated heterocycles. The van der Waals surface area contributed by atoms with Gasteiger partial charge in [0, 0.05) is 6.61 Å². The molecule has 106 valence electrons. The van der Waals surface area contributed by atoms with Crippen LogP contribution in [0.1, 0.15) is 44.1 Å². The Hall–Kier alpha value is -1.09. The van der Waals surface area contributed by atoms with E-state index in [2.05, 4.69) is 6.92 Å². The first-order valence-corrected chi connectivity index (χ1v) is 7.14. The quantitative estimate of drug-likeness (QED) is 0.799. The Morgan fingerprint density at radius 1 is 1.21 bits per heavy atom. The average molecular weight is 266 g/mol. The lowest BCUT2D eigenvalue weighted by molar-refractivity contribution is -0.0283. The molecule has 2 nitrogen and oxygen atoms in total. The van der Waals surface area contributed by atoms with Gasteiger partial charge >= 0.3 is 0 Å². The third-order valence-corrected chi connectivity index (χ3v) is 3.84. The Kier molecular flexibility index (Phi) is 5.20. The van der Waals surface area contributed by atoms with Crippen LogP contribution in [0.3, 0.4) is 0 Å². The minimum Gasteiger partial charge on any atom is -0.497 e. The molecule has 0 radical (unpaired) electrons. The average Bonchev–Trinajstić information content (AvgIpc) is 2.46. The summed E-state index contributed by atoms with van der Waals surface area (Å²) in [6, 6.07) is 7.98. The number of hydrogen-bond acceptors (Lipinski definition) is 2. The first kappa shape index (κ1) is 14.3. The Bertz CT molecular complexity index is 377. The fourth-order valence-corrected chi connectivity index (χ4v) is 2.72. The largest absolute Gasteiger partial charge is 0.497 e. The second-order valence-electron chi connectivity index (χ2n) is 5.21. The van der Waals surface area contributed by atoms with Gasteiger partial charge in [0.2, 0.25) is 0 Å². The summed E-state index contributed by atoms with van der Waals surface area (Å²) in [6.45, 7) is 2.72. The Morgan fingerprint density at radius 3 is 2.53 bits per heavy atom. The Morgan fingerprint density at radius 2 is 1.95 bits per heavy atom. The molecule has 2 rings (SSSR count). The first-order valence-electron chi connectivity index (χ1n) is 7.14. The maximum absolute atomic E-state index is 14.1. The lowest BCUT2D eigenvalue weighted by Crippen LogP contribution is -2.32. The molecule has 3 atom stereocenters. The number of rotatable bonds is 5. The van der Waals surface area contributed by atoms with Crippen molar-refractivity contribution in [1.29, 1.82) is 0 Å². The van der Waals surface area contributed by atoms with Gasteiger partial charge in [-0.2, -0.15) is 0 Å². The normalized spacial score (nSPS) is 27.2. The minimum absolute atomic E-state index is 0.200. The summed E-state index contributed by atoms with van der Waals surface area (Å²) in [6.07, 6.45) is 2.30. The third kappa shape index (κ3) is 3.69. The van der Waals surface area contributed by atoms with Crippen molar-refractivity contribution in [2.75, 3.05) is 13.7 Å².